The predicted octanol–water partition coefficient (Wildman–Crippen LogP) is 3.46. The Morgan fingerprint density at radius 2 is 2.00 bits per heavy atom. The lowest BCUT2D eigenvalue weighted by molar-refractivity contribution is -0.0611. The zero-order valence-electron chi connectivity index (χ0n) is 20.6. The van der Waals surface area contributed by atoms with Gasteiger partial charge in [0.1, 0.15) is 18.0 Å². The van der Waals surface area contributed by atoms with Gasteiger partial charge in [0.15, 0.2) is 0 Å². The molecule has 0 atom stereocenters. The predicted molar refractivity (Wildman–Crippen MR) is 132 cm³/mol. The van der Waals surface area contributed by atoms with Crippen LogP contribution >= 0.6 is 0 Å². The first kappa shape index (κ1) is 22.8. The number of hydrogen-bond donors (Lipinski definition) is 0. The molecule has 0 bridgehead atoms. The number of amides is 1. The molecule has 1 amide bonds. The summed E-state index contributed by atoms with van der Waals surface area (Å²) in [7, 11) is 1.94. The molecular formula is C27H28F2N6O2. The van der Waals surface area contributed by atoms with Crippen LogP contribution in [-0.4, -0.2) is 58.4 Å². The number of hydrogen-bond acceptors (Lipinski definition) is 6. The summed E-state index contributed by atoms with van der Waals surface area (Å²) in [4.78, 5) is 22.3. The molecule has 2 aromatic heterocycles. The van der Waals surface area contributed by atoms with Gasteiger partial charge < -0.3 is 19.1 Å². The number of carbonyl (C=O) groups is 1. The molecule has 5 heterocycles. The van der Waals surface area contributed by atoms with Gasteiger partial charge in [-0.3, -0.25) is 4.79 Å². The number of fused-ring (bicyclic) bond motifs is 1. The van der Waals surface area contributed by atoms with Crippen molar-refractivity contribution in [3.63, 3.8) is 0 Å². The van der Waals surface area contributed by atoms with Crippen LogP contribution in [0.4, 0.5) is 20.3 Å². The standard InChI is InChI=1S/C27H28F2N6O2/c1-33-15-30-32-23(33)9-27(13-37-14-27)18-3-2-4-19(7-18)35-12-21-20(26(35)36)8-22(31-24(21)16-5-6-16)34-10-17(11-34)25(28)29/h2-4,7-8,15-17,25H,5-6,9-14H2,1H3. The quantitative estimate of drug-likeness (QED) is 0.489. The number of aromatic nitrogens is 4. The number of benzene rings is 1. The van der Waals surface area contributed by atoms with Gasteiger partial charge in [0.25, 0.3) is 5.91 Å². The Morgan fingerprint density at radius 1 is 1.19 bits per heavy atom. The Kier molecular flexibility index (Phi) is 5.11. The summed E-state index contributed by atoms with van der Waals surface area (Å²) in [5.74, 6) is 1.21. The van der Waals surface area contributed by atoms with Crippen LogP contribution in [0.15, 0.2) is 36.7 Å². The van der Waals surface area contributed by atoms with Crippen LogP contribution in [-0.2, 0) is 30.2 Å². The molecule has 1 aromatic carbocycles. The van der Waals surface area contributed by atoms with E-state index < -0.39 is 12.3 Å². The molecule has 0 unspecified atom stereocenters. The third kappa shape index (κ3) is 3.72. The average molecular weight is 507 g/mol. The lowest BCUT2D eigenvalue weighted by atomic mass is 9.75. The van der Waals surface area contributed by atoms with Gasteiger partial charge in [-0.25, -0.2) is 13.8 Å². The van der Waals surface area contributed by atoms with E-state index in [0.29, 0.717) is 43.5 Å². The van der Waals surface area contributed by atoms with Gasteiger partial charge in [0, 0.05) is 49.1 Å². The van der Waals surface area contributed by atoms with Crippen molar-refractivity contribution in [2.45, 2.75) is 43.6 Å². The number of pyridine rings is 1. The van der Waals surface area contributed by atoms with Crippen LogP contribution in [0.2, 0.25) is 0 Å². The van der Waals surface area contributed by atoms with Crippen LogP contribution in [0.5, 0.6) is 0 Å². The van der Waals surface area contributed by atoms with Crippen LogP contribution in [0.3, 0.4) is 0 Å². The molecule has 192 valence electrons. The van der Waals surface area contributed by atoms with Gasteiger partial charge in [-0.15, -0.1) is 10.2 Å². The van der Waals surface area contributed by atoms with Crippen molar-refractivity contribution in [1.29, 1.82) is 0 Å². The van der Waals surface area contributed by atoms with Crippen molar-refractivity contribution in [2.75, 3.05) is 36.1 Å². The molecule has 1 saturated carbocycles. The first-order valence-corrected chi connectivity index (χ1v) is 12.8. The van der Waals surface area contributed by atoms with Crippen LogP contribution < -0.4 is 9.80 Å². The normalized spacial score (nSPS) is 20.8. The third-order valence-electron chi connectivity index (χ3n) is 8.32. The van der Waals surface area contributed by atoms with E-state index in [-0.39, 0.29) is 24.4 Å². The van der Waals surface area contributed by atoms with Gasteiger partial charge in [-0.05, 0) is 36.6 Å². The second-order valence-corrected chi connectivity index (χ2v) is 10.9. The molecule has 1 aliphatic carbocycles. The van der Waals surface area contributed by atoms with Gasteiger partial charge >= 0.3 is 0 Å². The summed E-state index contributed by atoms with van der Waals surface area (Å²) in [5, 5.41) is 8.28. The largest absolute Gasteiger partial charge is 0.379 e. The van der Waals surface area contributed by atoms with Crippen LogP contribution in [0.1, 0.15) is 51.8 Å². The van der Waals surface area contributed by atoms with Crippen molar-refractivity contribution in [3.8, 4) is 0 Å². The van der Waals surface area contributed by atoms with E-state index in [1.54, 1.807) is 6.33 Å². The van der Waals surface area contributed by atoms with Crippen LogP contribution in [0, 0.1) is 5.92 Å². The first-order chi connectivity index (χ1) is 17.9. The fraction of sp³-hybridized carbons (Fsp3) is 0.481. The maximum absolute atomic E-state index is 13.7. The Balaban J connectivity index is 1.19. The summed E-state index contributed by atoms with van der Waals surface area (Å²) in [6.45, 7) is 2.22. The fourth-order valence-electron chi connectivity index (χ4n) is 5.73. The fourth-order valence-corrected chi connectivity index (χ4v) is 5.73. The number of halogens is 2. The minimum absolute atomic E-state index is 0.0594. The van der Waals surface area contributed by atoms with Crippen molar-refractivity contribution in [3.05, 3.63) is 64.9 Å². The summed E-state index contributed by atoms with van der Waals surface area (Å²) >= 11 is 0. The lowest BCUT2D eigenvalue weighted by Gasteiger charge is -2.42. The molecule has 3 aromatic rings. The second kappa shape index (κ2) is 8.31. The van der Waals surface area contributed by atoms with Gasteiger partial charge in [-0.2, -0.15) is 0 Å². The molecule has 10 heteroatoms. The summed E-state index contributed by atoms with van der Waals surface area (Å²) in [5.41, 5.74) is 4.34. The molecule has 8 nitrogen and oxygen atoms in total. The maximum Gasteiger partial charge on any atom is 0.259 e. The van der Waals surface area contributed by atoms with Crippen molar-refractivity contribution in [1.82, 2.24) is 19.7 Å². The molecular weight excluding hydrogens is 478 g/mol. The van der Waals surface area contributed by atoms with Crippen molar-refractivity contribution in [2.24, 2.45) is 13.0 Å². The Labute approximate surface area is 213 Å². The highest BCUT2D eigenvalue weighted by atomic mass is 19.3. The molecule has 2 saturated heterocycles. The highest BCUT2D eigenvalue weighted by molar-refractivity contribution is 6.10. The second-order valence-electron chi connectivity index (χ2n) is 10.9. The molecule has 7 rings (SSSR count). The van der Waals surface area contributed by atoms with E-state index in [9.17, 15) is 13.6 Å². The van der Waals surface area contributed by atoms with E-state index in [1.807, 2.05) is 39.6 Å². The average Bonchev–Trinajstić information content (AvgIpc) is 3.52. The Hall–Kier alpha value is -3.40. The minimum Gasteiger partial charge on any atom is -0.379 e. The molecule has 3 fully saturated rings. The van der Waals surface area contributed by atoms with Crippen molar-refractivity contribution < 1.29 is 18.3 Å². The highest BCUT2D eigenvalue weighted by Gasteiger charge is 2.43. The molecule has 4 aliphatic rings. The van der Waals surface area contributed by atoms with Crippen molar-refractivity contribution >= 4 is 17.4 Å². The molecule has 0 spiro atoms. The first-order valence-electron chi connectivity index (χ1n) is 12.8. The summed E-state index contributed by atoms with van der Waals surface area (Å²) < 4.78 is 33.7. The van der Waals surface area contributed by atoms with E-state index in [1.165, 1.54) is 0 Å². The zero-order chi connectivity index (χ0) is 25.3. The minimum atomic E-state index is -2.32. The lowest BCUT2D eigenvalue weighted by Crippen LogP contribution is -2.50. The molecule has 3 aliphatic heterocycles. The number of alkyl halides is 2. The highest BCUT2D eigenvalue weighted by Crippen LogP contribution is 2.46. The van der Waals surface area contributed by atoms with Gasteiger partial charge in [0.05, 0.1) is 36.9 Å². The zero-order valence-corrected chi connectivity index (χ0v) is 20.6. The molecule has 0 N–H and O–H groups in total. The number of rotatable bonds is 7. The SMILES string of the molecule is Cn1cnnc1CC1(c2cccc(N3Cc4c(cc(N5CC(C(F)F)C5)nc4C4CC4)C3=O)c2)COC1. The maximum atomic E-state index is 13.7. The Morgan fingerprint density at radius 3 is 2.65 bits per heavy atom. The smallest absolute Gasteiger partial charge is 0.259 e. The number of anilines is 2. The third-order valence-corrected chi connectivity index (χ3v) is 8.32. The van der Waals surface area contributed by atoms with E-state index in [0.717, 1.165) is 41.2 Å². The molecule has 37 heavy (non-hydrogen) atoms. The summed E-state index contributed by atoms with van der Waals surface area (Å²) in [6, 6.07) is 9.96. The van der Waals surface area contributed by atoms with Gasteiger partial charge in [0.2, 0.25) is 6.43 Å². The monoisotopic (exact) mass is 506 g/mol. The number of carbonyl (C=O) groups excluding carboxylic acids is 1. The van der Waals surface area contributed by atoms with E-state index in [2.05, 4.69) is 22.3 Å². The topological polar surface area (TPSA) is 76.4 Å². The molecule has 0 radical (unpaired) electrons. The van der Waals surface area contributed by atoms with Gasteiger partial charge in [-0.1, -0.05) is 12.1 Å². The number of nitrogens with zero attached hydrogens (tertiary/aromatic N) is 6. The Bertz CT molecular complexity index is 1380. The van der Waals surface area contributed by atoms with E-state index >= 15 is 0 Å². The number of aryl methyl sites for hydroxylation is 1. The van der Waals surface area contributed by atoms with Crippen LogP contribution in [0.25, 0.3) is 0 Å². The van der Waals surface area contributed by atoms with E-state index in [4.69, 9.17) is 9.72 Å². The number of ether oxygens (including phenoxy) is 1. The summed E-state index contributed by atoms with van der Waals surface area (Å²) in [6.07, 6.45) is 2.19.